The van der Waals surface area contributed by atoms with Crippen molar-refractivity contribution in [1.82, 2.24) is 0 Å². The fourth-order valence-corrected chi connectivity index (χ4v) is 1.05. The van der Waals surface area contributed by atoms with Gasteiger partial charge in [0.2, 0.25) is 0 Å². The third-order valence-corrected chi connectivity index (χ3v) is 1.67. The normalized spacial score (nSPS) is 9.86. The molecule has 0 saturated carbocycles. The summed E-state index contributed by atoms with van der Waals surface area (Å²) in [5.41, 5.74) is 5.09. The number of nitrogen functional groups attached to an aromatic ring is 1. The average molecular weight is 199 g/mol. The number of hydrogen-bond acceptors (Lipinski definition) is 3. The zero-order chi connectivity index (χ0) is 10.7. The van der Waals surface area contributed by atoms with Crippen LogP contribution in [0.1, 0.15) is 17.3 Å². The highest BCUT2D eigenvalue weighted by atomic mass is 19.1. The Labute approximate surface area is 80.1 Å². The van der Waals surface area contributed by atoms with Crippen LogP contribution in [0.15, 0.2) is 12.1 Å². The highest BCUT2D eigenvalue weighted by molar-refractivity contribution is 5.95. The maximum atomic E-state index is 13.1. The summed E-state index contributed by atoms with van der Waals surface area (Å²) in [4.78, 5) is 10.6. The third kappa shape index (κ3) is 1.76. The van der Waals surface area contributed by atoms with Gasteiger partial charge < -0.3 is 15.6 Å². The fraction of sp³-hybridized carbons (Fsp3) is 0.222. The topological polar surface area (TPSA) is 72.5 Å². The van der Waals surface area contributed by atoms with Gasteiger partial charge in [-0.15, -0.1) is 0 Å². The van der Waals surface area contributed by atoms with Crippen LogP contribution in [0.2, 0.25) is 0 Å². The molecular weight excluding hydrogens is 189 g/mol. The number of benzene rings is 1. The summed E-state index contributed by atoms with van der Waals surface area (Å²) in [7, 11) is 0. The van der Waals surface area contributed by atoms with Crippen LogP contribution in [0.25, 0.3) is 0 Å². The first kappa shape index (κ1) is 10.3. The molecule has 0 unspecified atom stereocenters. The maximum Gasteiger partial charge on any atom is 0.337 e. The zero-order valence-corrected chi connectivity index (χ0v) is 7.58. The van der Waals surface area contributed by atoms with Gasteiger partial charge in [0.15, 0.2) is 11.6 Å². The van der Waals surface area contributed by atoms with E-state index in [-0.39, 0.29) is 23.6 Å². The van der Waals surface area contributed by atoms with Crippen LogP contribution in [0, 0.1) is 5.82 Å². The number of hydrogen-bond donors (Lipinski definition) is 2. The monoisotopic (exact) mass is 199 g/mol. The largest absolute Gasteiger partial charge is 0.489 e. The van der Waals surface area contributed by atoms with E-state index >= 15 is 0 Å². The van der Waals surface area contributed by atoms with E-state index in [0.29, 0.717) is 0 Å². The van der Waals surface area contributed by atoms with Gasteiger partial charge in [0, 0.05) is 0 Å². The number of halogens is 1. The molecule has 0 radical (unpaired) electrons. The molecule has 1 aromatic carbocycles. The second kappa shape index (κ2) is 3.95. The molecule has 0 heterocycles. The quantitative estimate of drug-likeness (QED) is 0.723. The molecule has 0 aliphatic rings. The molecule has 5 heteroatoms. The molecule has 0 atom stereocenters. The highest BCUT2D eigenvalue weighted by Gasteiger charge is 2.15. The number of nitrogens with two attached hydrogens (primary N) is 1. The van der Waals surface area contributed by atoms with Crippen molar-refractivity contribution in [3.63, 3.8) is 0 Å². The molecule has 0 bridgehead atoms. The lowest BCUT2D eigenvalue weighted by Gasteiger charge is -2.09. The second-order valence-electron chi connectivity index (χ2n) is 2.58. The Morgan fingerprint density at radius 3 is 2.79 bits per heavy atom. The van der Waals surface area contributed by atoms with Gasteiger partial charge in [0.1, 0.15) is 0 Å². The Hall–Kier alpha value is -1.78. The molecule has 3 N–H and O–H groups in total. The van der Waals surface area contributed by atoms with Gasteiger partial charge in [-0.05, 0) is 19.1 Å². The first-order valence-electron chi connectivity index (χ1n) is 4.02. The van der Waals surface area contributed by atoms with Crippen molar-refractivity contribution in [3.8, 4) is 5.75 Å². The van der Waals surface area contributed by atoms with Crippen molar-refractivity contribution in [2.75, 3.05) is 12.3 Å². The summed E-state index contributed by atoms with van der Waals surface area (Å²) < 4.78 is 18.0. The van der Waals surface area contributed by atoms with Crippen LogP contribution < -0.4 is 10.5 Å². The minimum atomic E-state index is -1.21. The predicted molar refractivity (Wildman–Crippen MR) is 48.9 cm³/mol. The van der Waals surface area contributed by atoms with Gasteiger partial charge in [0.05, 0.1) is 17.9 Å². The lowest BCUT2D eigenvalue weighted by Crippen LogP contribution is -2.07. The van der Waals surface area contributed by atoms with Crippen molar-refractivity contribution in [2.45, 2.75) is 6.92 Å². The molecule has 1 aromatic rings. The van der Waals surface area contributed by atoms with Crippen LogP contribution in [0.4, 0.5) is 10.1 Å². The molecule has 4 nitrogen and oxygen atoms in total. The van der Waals surface area contributed by atoms with Gasteiger partial charge in [-0.2, -0.15) is 0 Å². The van der Waals surface area contributed by atoms with E-state index in [1.165, 1.54) is 0 Å². The Kier molecular flexibility index (Phi) is 2.91. The fourth-order valence-electron chi connectivity index (χ4n) is 1.05. The van der Waals surface area contributed by atoms with E-state index in [9.17, 15) is 9.18 Å². The Balaban J connectivity index is 3.26. The van der Waals surface area contributed by atoms with E-state index in [0.717, 1.165) is 12.1 Å². The lowest BCUT2D eigenvalue weighted by atomic mass is 10.1. The molecule has 1 rings (SSSR count). The lowest BCUT2D eigenvalue weighted by molar-refractivity contribution is 0.0697. The van der Waals surface area contributed by atoms with Crippen molar-refractivity contribution in [3.05, 3.63) is 23.5 Å². The third-order valence-electron chi connectivity index (χ3n) is 1.67. The summed E-state index contributed by atoms with van der Waals surface area (Å²) in [6.45, 7) is 1.89. The average Bonchev–Trinajstić information content (AvgIpc) is 2.11. The van der Waals surface area contributed by atoms with Gasteiger partial charge in [-0.25, -0.2) is 9.18 Å². The zero-order valence-electron chi connectivity index (χ0n) is 7.58. The van der Waals surface area contributed by atoms with E-state index in [4.69, 9.17) is 15.6 Å². The number of carbonyl (C=O) groups is 1. The smallest absolute Gasteiger partial charge is 0.337 e. The number of carboxylic acid groups (broad SMARTS) is 1. The number of carboxylic acids is 1. The van der Waals surface area contributed by atoms with E-state index < -0.39 is 11.8 Å². The molecule has 0 saturated heterocycles. The summed E-state index contributed by atoms with van der Waals surface area (Å²) in [5, 5.41) is 8.69. The summed E-state index contributed by atoms with van der Waals surface area (Å²) >= 11 is 0. The molecule has 0 aliphatic carbocycles. The molecule has 76 valence electrons. The van der Waals surface area contributed by atoms with Gasteiger partial charge >= 0.3 is 5.97 Å². The molecule has 0 aromatic heterocycles. The molecule has 0 amide bonds. The maximum absolute atomic E-state index is 13.1. The van der Waals surface area contributed by atoms with Gasteiger partial charge in [-0.3, -0.25) is 0 Å². The molecule has 14 heavy (non-hydrogen) atoms. The SMILES string of the molecule is CCOc1c(F)ccc(C(=O)O)c1N. The van der Waals surface area contributed by atoms with Gasteiger partial charge in [0.25, 0.3) is 0 Å². The molecular formula is C9H10FNO3. The van der Waals surface area contributed by atoms with Crippen molar-refractivity contribution in [2.24, 2.45) is 0 Å². The highest BCUT2D eigenvalue weighted by Crippen LogP contribution is 2.28. The van der Waals surface area contributed by atoms with Crippen LogP contribution in [0.3, 0.4) is 0 Å². The van der Waals surface area contributed by atoms with Crippen LogP contribution in [-0.4, -0.2) is 17.7 Å². The summed E-state index contributed by atoms with van der Waals surface area (Å²) in [6, 6.07) is 2.13. The Morgan fingerprint density at radius 1 is 1.64 bits per heavy atom. The van der Waals surface area contributed by atoms with E-state index in [1.54, 1.807) is 6.92 Å². The Bertz CT molecular complexity index is 365. The summed E-state index contributed by atoms with van der Waals surface area (Å²) in [6.07, 6.45) is 0. The number of ether oxygens (including phenoxy) is 1. The minimum absolute atomic E-state index is 0.158. The minimum Gasteiger partial charge on any atom is -0.489 e. The second-order valence-corrected chi connectivity index (χ2v) is 2.58. The standard InChI is InChI=1S/C9H10FNO3/c1-2-14-8-6(10)4-3-5(7(8)11)9(12)13/h3-4H,2,11H2,1H3,(H,12,13). The Morgan fingerprint density at radius 2 is 2.29 bits per heavy atom. The first-order chi connectivity index (χ1) is 6.57. The number of anilines is 1. The van der Waals surface area contributed by atoms with Crippen LogP contribution >= 0.6 is 0 Å². The van der Waals surface area contributed by atoms with E-state index in [1.807, 2.05) is 0 Å². The first-order valence-corrected chi connectivity index (χ1v) is 4.02. The number of aromatic carboxylic acids is 1. The van der Waals surface area contributed by atoms with Crippen molar-refractivity contribution in [1.29, 1.82) is 0 Å². The predicted octanol–water partition coefficient (Wildman–Crippen LogP) is 1.50. The van der Waals surface area contributed by atoms with Crippen molar-refractivity contribution >= 4 is 11.7 Å². The number of rotatable bonds is 3. The molecule has 0 spiro atoms. The van der Waals surface area contributed by atoms with Crippen LogP contribution in [-0.2, 0) is 0 Å². The van der Waals surface area contributed by atoms with Gasteiger partial charge in [-0.1, -0.05) is 0 Å². The molecule has 0 aliphatic heterocycles. The van der Waals surface area contributed by atoms with Crippen molar-refractivity contribution < 1.29 is 19.0 Å². The van der Waals surface area contributed by atoms with E-state index in [2.05, 4.69) is 0 Å². The van der Waals surface area contributed by atoms with Crippen LogP contribution in [0.5, 0.6) is 5.75 Å². The molecule has 0 fully saturated rings. The summed E-state index contributed by atoms with van der Waals surface area (Å²) in [5.74, 6) is -2.06.